The first-order valence-corrected chi connectivity index (χ1v) is 11.7. The normalized spacial score (nSPS) is 26.2. The van der Waals surface area contributed by atoms with E-state index < -0.39 is 6.29 Å². The van der Waals surface area contributed by atoms with E-state index in [2.05, 4.69) is 41.5 Å². The van der Waals surface area contributed by atoms with Gasteiger partial charge in [-0.25, -0.2) is 0 Å². The molecule has 0 amide bonds. The van der Waals surface area contributed by atoms with Crippen LogP contribution in [0.3, 0.4) is 0 Å². The Balaban J connectivity index is 2.11. The Morgan fingerprint density at radius 2 is 1.90 bits per heavy atom. The van der Waals surface area contributed by atoms with Gasteiger partial charge in [0, 0.05) is 17.5 Å². The standard InChI is InChI=1S/C26H43NO4/c1-9-25(6,7)26(8,27)13-12-16(2)18(4)23-14-17(3)30-24(31-23)21-15-20(19(5)28)10-11-22(21)29/h10-11,15-18,23-24,29H,9,12-14,27H2,1-8H3. The van der Waals surface area contributed by atoms with Gasteiger partial charge in [-0.05, 0) is 75.5 Å². The average Bonchev–Trinajstić information content (AvgIpc) is 2.70. The van der Waals surface area contributed by atoms with E-state index in [9.17, 15) is 9.90 Å². The van der Waals surface area contributed by atoms with E-state index >= 15 is 0 Å². The number of carbonyl (C=O) groups is 1. The van der Waals surface area contributed by atoms with E-state index in [0.717, 1.165) is 25.7 Å². The molecule has 0 radical (unpaired) electrons. The lowest BCUT2D eigenvalue weighted by atomic mass is 9.68. The molecule has 176 valence electrons. The number of rotatable bonds is 9. The molecule has 5 heteroatoms. The topological polar surface area (TPSA) is 81.8 Å². The highest BCUT2D eigenvalue weighted by molar-refractivity contribution is 5.94. The molecule has 0 aromatic heterocycles. The summed E-state index contributed by atoms with van der Waals surface area (Å²) in [5, 5.41) is 10.4. The van der Waals surface area contributed by atoms with E-state index in [4.69, 9.17) is 15.2 Å². The highest BCUT2D eigenvalue weighted by Crippen LogP contribution is 2.41. The van der Waals surface area contributed by atoms with Crippen LogP contribution in [0.25, 0.3) is 0 Å². The predicted octanol–water partition coefficient (Wildman–Crippen LogP) is 5.99. The second-order valence-electron chi connectivity index (χ2n) is 10.5. The van der Waals surface area contributed by atoms with Crippen molar-refractivity contribution in [2.45, 2.75) is 105 Å². The highest BCUT2D eigenvalue weighted by atomic mass is 16.7. The zero-order valence-corrected chi connectivity index (χ0v) is 20.7. The molecule has 1 aliphatic heterocycles. The van der Waals surface area contributed by atoms with Crippen LogP contribution in [0.15, 0.2) is 18.2 Å². The van der Waals surface area contributed by atoms with Crippen molar-refractivity contribution < 1.29 is 19.4 Å². The fraction of sp³-hybridized carbons (Fsp3) is 0.731. The van der Waals surface area contributed by atoms with Crippen LogP contribution in [0.5, 0.6) is 5.75 Å². The summed E-state index contributed by atoms with van der Waals surface area (Å²) < 4.78 is 12.3. The molecule has 1 aromatic rings. The molecule has 0 saturated carbocycles. The summed E-state index contributed by atoms with van der Waals surface area (Å²) in [4.78, 5) is 11.8. The summed E-state index contributed by atoms with van der Waals surface area (Å²) in [6.07, 6.45) is 3.17. The Morgan fingerprint density at radius 3 is 2.48 bits per heavy atom. The van der Waals surface area contributed by atoms with Crippen LogP contribution in [-0.4, -0.2) is 28.6 Å². The molecule has 2 rings (SSSR count). The van der Waals surface area contributed by atoms with Crippen molar-refractivity contribution in [2.75, 3.05) is 0 Å². The lowest BCUT2D eigenvalue weighted by Crippen LogP contribution is -2.50. The van der Waals surface area contributed by atoms with E-state index in [-0.39, 0.29) is 34.7 Å². The van der Waals surface area contributed by atoms with E-state index in [0.29, 0.717) is 23.0 Å². The van der Waals surface area contributed by atoms with Gasteiger partial charge in [-0.2, -0.15) is 0 Å². The van der Waals surface area contributed by atoms with Crippen LogP contribution in [0.2, 0.25) is 0 Å². The van der Waals surface area contributed by atoms with Crippen molar-refractivity contribution in [3.8, 4) is 5.75 Å². The van der Waals surface area contributed by atoms with Crippen LogP contribution in [0.4, 0.5) is 0 Å². The van der Waals surface area contributed by atoms with Gasteiger partial charge in [0.25, 0.3) is 0 Å². The first kappa shape index (κ1) is 25.8. The number of aromatic hydroxyl groups is 1. The van der Waals surface area contributed by atoms with Gasteiger partial charge < -0.3 is 20.3 Å². The van der Waals surface area contributed by atoms with Crippen LogP contribution in [0.1, 0.15) is 103 Å². The van der Waals surface area contributed by atoms with Crippen LogP contribution >= 0.6 is 0 Å². The Bertz CT molecular complexity index is 758. The second-order valence-corrected chi connectivity index (χ2v) is 10.5. The van der Waals surface area contributed by atoms with Gasteiger partial charge in [-0.1, -0.05) is 34.6 Å². The van der Waals surface area contributed by atoms with Gasteiger partial charge in [0.05, 0.1) is 17.8 Å². The summed E-state index contributed by atoms with van der Waals surface area (Å²) in [5.74, 6) is 0.781. The Morgan fingerprint density at radius 1 is 1.26 bits per heavy atom. The maximum absolute atomic E-state index is 11.8. The molecule has 1 saturated heterocycles. The minimum atomic E-state index is -0.679. The molecule has 0 spiro atoms. The summed E-state index contributed by atoms with van der Waals surface area (Å²) >= 11 is 0. The molecular weight excluding hydrogens is 390 g/mol. The molecule has 6 atom stereocenters. The molecule has 1 fully saturated rings. The van der Waals surface area contributed by atoms with Gasteiger partial charge in [-0.15, -0.1) is 0 Å². The largest absolute Gasteiger partial charge is 0.507 e. The molecule has 1 heterocycles. The second kappa shape index (κ2) is 10.0. The number of nitrogens with two attached hydrogens (primary N) is 1. The first-order valence-electron chi connectivity index (χ1n) is 11.7. The van der Waals surface area contributed by atoms with Crippen molar-refractivity contribution in [3.63, 3.8) is 0 Å². The number of carbonyl (C=O) groups excluding carboxylic acids is 1. The minimum absolute atomic E-state index is 0.00224. The number of benzene rings is 1. The summed E-state index contributed by atoms with van der Waals surface area (Å²) in [6, 6.07) is 4.84. The molecule has 5 nitrogen and oxygen atoms in total. The van der Waals surface area contributed by atoms with Crippen molar-refractivity contribution in [2.24, 2.45) is 23.0 Å². The fourth-order valence-electron chi connectivity index (χ4n) is 4.19. The van der Waals surface area contributed by atoms with Crippen molar-refractivity contribution in [3.05, 3.63) is 29.3 Å². The van der Waals surface area contributed by atoms with Gasteiger partial charge in [-0.3, -0.25) is 4.79 Å². The molecule has 3 N–H and O–H groups in total. The Hall–Kier alpha value is -1.43. The number of ketones is 1. The van der Waals surface area contributed by atoms with Crippen molar-refractivity contribution in [1.82, 2.24) is 0 Å². The van der Waals surface area contributed by atoms with E-state index in [1.165, 1.54) is 13.0 Å². The third-order valence-corrected chi connectivity index (χ3v) is 7.94. The Kier molecular flexibility index (Phi) is 8.34. The molecule has 0 bridgehead atoms. The van der Waals surface area contributed by atoms with Crippen LogP contribution in [-0.2, 0) is 9.47 Å². The third kappa shape index (κ3) is 6.09. The quantitative estimate of drug-likeness (QED) is 0.467. The monoisotopic (exact) mass is 433 g/mol. The van der Waals surface area contributed by atoms with E-state index in [1.54, 1.807) is 12.1 Å². The van der Waals surface area contributed by atoms with Crippen LogP contribution < -0.4 is 5.73 Å². The summed E-state index contributed by atoms with van der Waals surface area (Å²) in [6.45, 7) is 16.9. The molecule has 1 aromatic carbocycles. The zero-order valence-electron chi connectivity index (χ0n) is 20.7. The molecule has 0 aliphatic carbocycles. The number of Topliss-reactive ketones (excluding diaryl/α,β-unsaturated/α-hetero) is 1. The number of hydrogen-bond acceptors (Lipinski definition) is 5. The lowest BCUT2D eigenvalue weighted by molar-refractivity contribution is -0.256. The van der Waals surface area contributed by atoms with Crippen molar-refractivity contribution in [1.29, 1.82) is 0 Å². The number of phenolic OH excluding ortho intramolecular Hbond substituents is 1. The van der Waals surface area contributed by atoms with Gasteiger partial charge in [0.1, 0.15) is 5.75 Å². The molecule has 6 unspecified atom stereocenters. The maximum Gasteiger partial charge on any atom is 0.188 e. The number of phenols is 1. The highest BCUT2D eigenvalue weighted by Gasteiger charge is 2.38. The lowest BCUT2D eigenvalue weighted by Gasteiger charge is -2.43. The minimum Gasteiger partial charge on any atom is -0.507 e. The molecule has 31 heavy (non-hydrogen) atoms. The SMILES string of the molecule is CCC(C)(C)C(C)(N)CCC(C)C(C)C1CC(C)OC(c2cc(C(C)=O)ccc2O)O1. The third-order valence-electron chi connectivity index (χ3n) is 7.94. The van der Waals surface area contributed by atoms with E-state index in [1.807, 2.05) is 6.92 Å². The fourth-order valence-corrected chi connectivity index (χ4v) is 4.19. The van der Waals surface area contributed by atoms with Crippen LogP contribution in [0, 0.1) is 17.3 Å². The van der Waals surface area contributed by atoms with Gasteiger partial charge in [0.15, 0.2) is 12.1 Å². The number of hydrogen-bond donors (Lipinski definition) is 2. The average molecular weight is 434 g/mol. The molecule has 1 aliphatic rings. The zero-order chi connectivity index (χ0) is 23.6. The summed E-state index contributed by atoms with van der Waals surface area (Å²) in [7, 11) is 0. The van der Waals surface area contributed by atoms with Gasteiger partial charge >= 0.3 is 0 Å². The maximum atomic E-state index is 11.8. The molecular formula is C26H43NO4. The number of ether oxygens (including phenoxy) is 2. The van der Waals surface area contributed by atoms with Gasteiger partial charge in [0.2, 0.25) is 0 Å². The smallest absolute Gasteiger partial charge is 0.188 e. The summed E-state index contributed by atoms with van der Waals surface area (Å²) in [5.41, 5.74) is 7.62. The first-order chi connectivity index (χ1) is 14.3. The van der Waals surface area contributed by atoms with Crippen molar-refractivity contribution >= 4 is 5.78 Å². The Labute approximate surface area is 188 Å². The predicted molar refractivity (Wildman–Crippen MR) is 125 cm³/mol.